The number of amides is 2. The van der Waals surface area contributed by atoms with Crippen LogP contribution in [0, 0.1) is 13.8 Å². The third kappa shape index (κ3) is 4.81. The lowest BCUT2D eigenvalue weighted by molar-refractivity contribution is 0.238. The molecule has 1 aromatic rings. The first-order valence-corrected chi connectivity index (χ1v) is 6.62. The number of benzene rings is 1. The number of carbonyl (C=O) groups is 1. The van der Waals surface area contributed by atoms with Crippen molar-refractivity contribution in [3.63, 3.8) is 0 Å². The topological polar surface area (TPSA) is 50.4 Å². The summed E-state index contributed by atoms with van der Waals surface area (Å²) in [5, 5.41) is 5.65. The molecule has 4 heteroatoms. The monoisotopic (exact) mass is 264 g/mol. The molecule has 0 bridgehead atoms. The minimum absolute atomic E-state index is 0.127. The number of carbonyl (C=O) groups excluding carboxylic acids is 1. The number of hydrogen-bond acceptors (Lipinski definition) is 2. The number of nitrogens with one attached hydrogen (secondary N) is 2. The first-order valence-electron chi connectivity index (χ1n) is 6.62. The predicted molar refractivity (Wildman–Crippen MR) is 77.8 cm³/mol. The van der Waals surface area contributed by atoms with Crippen LogP contribution in [-0.4, -0.2) is 25.7 Å². The number of urea groups is 1. The second kappa shape index (κ2) is 7.02. The largest absolute Gasteiger partial charge is 0.496 e. The van der Waals surface area contributed by atoms with E-state index < -0.39 is 0 Å². The van der Waals surface area contributed by atoms with Crippen molar-refractivity contribution in [3.8, 4) is 5.75 Å². The first kappa shape index (κ1) is 15.3. The molecule has 0 saturated heterocycles. The molecular weight excluding hydrogens is 240 g/mol. The first-order chi connectivity index (χ1) is 8.93. The molecule has 0 unspecified atom stereocenters. The second-order valence-corrected chi connectivity index (χ2v) is 5.08. The summed E-state index contributed by atoms with van der Waals surface area (Å²) in [7, 11) is 1.68. The third-order valence-electron chi connectivity index (χ3n) is 2.80. The number of rotatable bonds is 5. The van der Waals surface area contributed by atoms with E-state index in [1.54, 1.807) is 7.11 Å². The van der Waals surface area contributed by atoms with Gasteiger partial charge in [-0.25, -0.2) is 4.79 Å². The summed E-state index contributed by atoms with van der Waals surface area (Å²) in [6.45, 7) is 8.57. The van der Waals surface area contributed by atoms with E-state index in [0.717, 1.165) is 23.3 Å². The van der Waals surface area contributed by atoms with Gasteiger partial charge >= 0.3 is 6.03 Å². The van der Waals surface area contributed by atoms with Gasteiger partial charge in [-0.15, -0.1) is 0 Å². The molecule has 0 aliphatic carbocycles. The van der Waals surface area contributed by atoms with Gasteiger partial charge in [-0.2, -0.15) is 0 Å². The summed E-state index contributed by atoms with van der Waals surface area (Å²) in [6.07, 6.45) is 0.761. The molecule has 0 aliphatic heterocycles. The van der Waals surface area contributed by atoms with Gasteiger partial charge in [0.25, 0.3) is 0 Å². The fourth-order valence-corrected chi connectivity index (χ4v) is 2.14. The zero-order chi connectivity index (χ0) is 14.4. The zero-order valence-corrected chi connectivity index (χ0v) is 12.5. The van der Waals surface area contributed by atoms with Gasteiger partial charge in [-0.3, -0.25) is 0 Å². The molecule has 106 valence electrons. The van der Waals surface area contributed by atoms with E-state index in [1.165, 1.54) is 5.56 Å². The average molecular weight is 264 g/mol. The highest BCUT2D eigenvalue weighted by Crippen LogP contribution is 2.25. The molecule has 2 N–H and O–H groups in total. The summed E-state index contributed by atoms with van der Waals surface area (Å²) in [5.41, 5.74) is 3.47. The van der Waals surface area contributed by atoms with Crippen LogP contribution in [0.2, 0.25) is 0 Å². The van der Waals surface area contributed by atoms with Crippen molar-refractivity contribution >= 4 is 6.03 Å². The number of methoxy groups -OCH3 is 1. The Kier molecular flexibility index (Phi) is 5.67. The Bertz CT molecular complexity index is 442. The molecule has 0 radical (unpaired) electrons. The Morgan fingerprint density at radius 2 is 2.00 bits per heavy atom. The summed E-state index contributed by atoms with van der Waals surface area (Å²) >= 11 is 0. The fourth-order valence-electron chi connectivity index (χ4n) is 2.14. The van der Waals surface area contributed by atoms with Gasteiger partial charge in [0.2, 0.25) is 0 Å². The van der Waals surface area contributed by atoms with Crippen molar-refractivity contribution in [1.29, 1.82) is 0 Å². The second-order valence-electron chi connectivity index (χ2n) is 5.08. The van der Waals surface area contributed by atoms with Gasteiger partial charge in [0.05, 0.1) is 7.11 Å². The maximum atomic E-state index is 11.5. The summed E-state index contributed by atoms with van der Waals surface area (Å²) in [4.78, 5) is 11.5. The summed E-state index contributed by atoms with van der Waals surface area (Å²) in [6, 6.07) is 4.23. The minimum Gasteiger partial charge on any atom is -0.496 e. The van der Waals surface area contributed by atoms with Crippen LogP contribution < -0.4 is 15.4 Å². The molecule has 2 amide bonds. The summed E-state index contributed by atoms with van der Waals surface area (Å²) in [5.74, 6) is 0.914. The third-order valence-corrected chi connectivity index (χ3v) is 2.80. The van der Waals surface area contributed by atoms with Gasteiger partial charge in [-0.05, 0) is 45.2 Å². The van der Waals surface area contributed by atoms with E-state index in [1.807, 2.05) is 20.8 Å². The van der Waals surface area contributed by atoms with Crippen LogP contribution in [0.15, 0.2) is 12.1 Å². The number of aryl methyl sites for hydroxylation is 2. The van der Waals surface area contributed by atoms with Gasteiger partial charge in [0.15, 0.2) is 0 Å². The molecule has 19 heavy (non-hydrogen) atoms. The highest BCUT2D eigenvalue weighted by Gasteiger charge is 2.08. The minimum atomic E-state index is -0.127. The average Bonchev–Trinajstić information content (AvgIpc) is 2.27. The van der Waals surface area contributed by atoms with Gasteiger partial charge in [0, 0.05) is 12.6 Å². The Labute approximate surface area is 115 Å². The van der Waals surface area contributed by atoms with Crippen LogP contribution in [0.4, 0.5) is 4.79 Å². The van der Waals surface area contributed by atoms with Crippen LogP contribution in [0.1, 0.15) is 30.5 Å². The Balaban J connectivity index is 2.60. The SMILES string of the molecule is COc1c(C)cc(C)cc1CCNC(=O)NC(C)C. The van der Waals surface area contributed by atoms with Crippen molar-refractivity contribution in [2.45, 2.75) is 40.2 Å². The molecular formula is C15H24N2O2. The van der Waals surface area contributed by atoms with Crippen molar-refractivity contribution in [2.24, 2.45) is 0 Å². The van der Waals surface area contributed by atoms with Crippen LogP contribution in [0.5, 0.6) is 5.75 Å². The van der Waals surface area contributed by atoms with Crippen LogP contribution in [0.25, 0.3) is 0 Å². The van der Waals surface area contributed by atoms with E-state index in [4.69, 9.17) is 4.74 Å². The number of ether oxygens (including phenoxy) is 1. The molecule has 0 spiro atoms. The Hall–Kier alpha value is -1.71. The molecule has 0 atom stereocenters. The highest BCUT2D eigenvalue weighted by molar-refractivity contribution is 5.74. The van der Waals surface area contributed by atoms with Crippen molar-refractivity contribution in [3.05, 3.63) is 28.8 Å². The maximum Gasteiger partial charge on any atom is 0.314 e. The number of hydrogen-bond donors (Lipinski definition) is 2. The Morgan fingerprint density at radius 3 is 2.58 bits per heavy atom. The molecule has 0 heterocycles. The van der Waals surface area contributed by atoms with Gasteiger partial charge in [-0.1, -0.05) is 17.7 Å². The van der Waals surface area contributed by atoms with E-state index in [0.29, 0.717) is 6.54 Å². The fraction of sp³-hybridized carbons (Fsp3) is 0.533. The smallest absolute Gasteiger partial charge is 0.314 e. The standard InChI is InChI=1S/C15H24N2O2/c1-10(2)17-15(18)16-7-6-13-9-11(3)8-12(4)14(13)19-5/h8-10H,6-7H2,1-5H3,(H2,16,17,18). The summed E-state index contributed by atoms with van der Waals surface area (Å²) < 4.78 is 5.42. The van der Waals surface area contributed by atoms with Crippen LogP contribution in [-0.2, 0) is 6.42 Å². The Morgan fingerprint density at radius 1 is 1.32 bits per heavy atom. The maximum absolute atomic E-state index is 11.5. The highest BCUT2D eigenvalue weighted by atomic mass is 16.5. The normalized spacial score (nSPS) is 10.4. The van der Waals surface area contributed by atoms with E-state index in [2.05, 4.69) is 29.7 Å². The van der Waals surface area contributed by atoms with E-state index >= 15 is 0 Å². The quantitative estimate of drug-likeness (QED) is 0.858. The lowest BCUT2D eigenvalue weighted by Gasteiger charge is -2.14. The molecule has 0 saturated carbocycles. The van der Waals surface area contributed by atoms with Gasteiger partial charge in [0.1, 0.15) is 5.75 Å². The predicted octanol–water partition coefficient (Wildman–Crippen LogP) is 2.56. The van der Waals surface area contributed by atoms with E-state index in [9.17, 15) is 4.79 Å². The molecule has 0 aliphatic rings. The van der Waals surface area contributed by atoms with Crippen molar-refractivity contribution in [1.82, 2.24) is 10.6 Å². The molecule has 0 fully saturated rings. The molecule has 1 aromatic carbocycles. The van der Waals surface area contributed by atoms with E-state index in [-0.39, 0.29) is 12.1 Å². The zero-order valence-electron chi connectivity index (χ0n) is 12.5. The molecule has 1 rings (SSSR count). The lowest BCUT2D eigenvalue weighted by atomic mass is 10.0. The van der Waals surface area contributed by atoms with Crippen molar-refractivity contribution in [2.75, 3.05) is 13.7 Å². The van der Waals surface area contributed by atoms with Crippen LogP contribution >= 0.6 is 0 Å². The van der Waals surface area contributed by atoms with Crippen LogP contribution in [0.3, 0.4) is 0 Å². The molecule has 0 aromatic heterocycles. The molecule has 4 nitrogen and oxygen atoms in total. The van der Waals surface area contributed by atoms with Crippen molar-refractivity contribution < 1.29 is 9.53 Å². The lowest BCUT2D eigenvalue weighted by Crippen LogP contribution is -2.40. The van der Waals surface area contributed by atoms with Gasteiger partial charge < -0.3 is 15.4 Å².